The summed E-state index contributed by atoms with van der Waals surface area (Å²) < 4.78 is 0. The Hall–Kier alpha value is 0.460. The zero-order valence-electron chi connectivity index (χ0n) is 6.17. The van der Waals surface area contributed by atoms with Gasteiger partial charge in [-0.3, -0.25) is 0 Å². The third-order valence-corrected chi connectivity index (χ3v) is 2.23. The van der Waals surface area contributed by atoms with Gasteiger partial charge in [0.25, 0.3) is 0 Å². The van der Waals surface area contributed by atoms with Crippen molar-refractivity contribution in [1.82, 2.24) is 0 Å². The molecule has 0 rings (SSSR count). The van der Waals surface area contributed by atoms with Gasteiger partial charge >= 0.3 is 0 Å². The third-order valence-electron chi connectivity index (χ3n) is 1.64. The van der Waals surface area contributed by atoms with Gasteiger partial charge in [0, 0.05) is 0 Å². The maximum Gasteiger partial charge on any atom is 0.116 e. The fourth-order valence-corrected chi connectivity index (χ4v) is 1.16. The molecule has 0 bridgehead atoms. The number of hydrogen-bond acceptors (Lipinski definition) is 3. The second-order valence-electron chi connectivity index (χ2n) is 2.57. The lowest BCUT2D eigenvalue weighted by molar-refractivity contribution is -0.118. The van der Waals surface area contributed by atoms with Crippen molar-refractivity contribution >= 4 is 23.2 Å². The van der Waals surface area contributed by atoms with Crippen LogP contribution < -0.4 is 0 Å². The molecule has 0 aromatic rings. The molecule has 68 valence electrons. The van der Waals surface area contributed by atoms with E-state index in [0.717, 1.165) is 0 Å². The van der Waals surface area contributed by atoms with Crippen molar-refractivity contribution in [3.63, 3.8) is 0 Å². The van der Waals surface area contributed by atoms with Gasteiger partial charge in [-0.15, -0.1) is 23.2 Å². The molecule has 11 heavy (non-hydrogen) atoms. The molecule has 0 aromatic carbocycles. The first-order chi connectivity index (χ1) is 4.96. The van der Waals surface area contributed by atoms with E-state index in [9.17, 15) is 5.11 Å². The van der Waals surface area contributed by atoms with E-state index in [1.54, 1.807) is 0 Å². The van der Waals surface area contributed by atoms with Crippen molar-refractivity contribution in [2.24, 2.45) is 0 Å². The summed E-state index contributed by atoms with van der Waals surface area (Å²) in [6.45, 7) is 1.28. The van der Waals surface area contributed by atoms with Crippen molar-refractivity contribution < 1.29 is 15.3 Å². The van der Waals surface area contributed by atoms with E-state index in [1.807, 2.05) is 0 Å². The fraction of sp³-hybridized carbons (Fsp3) is 1.00. The summed E-state index contributed by atoms with van der Waals surface area (Å²) in [6, 6.07) is 0. The summed E-state index contributed by atoms with van der Waals surface area (Å²) in [5.74, 6) is -0.276. The largest absolute Gasteiger partial charge is 0.389 e. The molecule has 3 nitrogen and oxygen atoms in total. The van der Waals surface area contributed by atoms with Gasteiger partial charge in [-0.2, -0.15) is 0 Å². The third kappa shape index (κ3) is 2.76. The monoisotopic (exact) mass is 202 g/mol. The number of aliphatic hydroxyl groups is 3. The minimum absolute atomic E-state index is 0.138. The van der Waals surface area contributed by atoms with Crippen LogP contribution in [-0.2, 0) is 0 Å². The summed E-state index contributed by atoms with van der Waals surface area (Å²) in [5.41, 5.74) is -1.64. The Morgan fingerprint density at radius 3 is 1.64 bits per heavy atom. The van der Waals surface area contributed by atoms with E-state index in [2.05, 4.69) is 0 Å². The van der Waals surface area contributed by atoms with Crippen LogP contribution in [0.25, 0.3) is 0 Å². The summed E-state index contributed by atoms with van der Waals surface area (Å²) in [4.78, 5) is 0. The Bertz CT molecular complexity index is 106. The first-order valence-electron chi connectivity index (χ1n) is 3.17. The highest BCUT2D eigenvalue weighted by molar-refractivity contribution is 6.18. The summed E-state index contributed by atoms with van der Waals surface area (Å²) >= 11 is 10.5. The van der Waals surface area contributed by atoms with Gasteiger partial charge < -0.3 is 15.3 Å². The second-order valence-corrected chi connectivity index (χ2v) is 3.18. The van der Waals surface area contributed by atoms with E-state index < -0.39 is 17.8 Å². The number of hydrogen-bond donors (Lipinski definition) is 3. The quantitative estimate of drug-likeness (QED) is 0.561. The minimum Gasteiger partial charge on any atom is -0.389 e. The average molecular weight is 203 g/mol. The van der Waals surface area contributed by atoms with Crippen molar-refractivity contribution in [2.75, 3.05) is 11.8 Å². The number of alkyl halides is 2. The Kier molecular flexibility index (Phi) is 4.66. The van der Waals surface area contributed by atoms with E-state index >= 15 is 0 Å². The number of aliphatic hydroxyl groups excluding tert-OH is 2. The molecule has 5 heteroatoms. The lowest BCUT2D eigenvalue weighted by Gasteiger charge is -2.31. The minimum atomic E-state index is -1.64. The van der Waals surface area contributed by atoms with Crippen molar-refractivity contribution in [1.29, 1.82) is 0 Å². The van der Waals surface area contributed by atoms with Crippen molar-refractivity contribution in [3.8, 4) is 0 Å². The second kappa shape index (κ2) is 4.48. The van der Waals surface area contributed by atoms with E-state index in [1.165, 1.54) is 6.92 Å². The molecule has 0 amide bonds. The van der Waals surface area contributed by atoms with Gasteiger partial charge in [-0.05, 0) is 6.92 Å². The smallest absolute Gasteiger partial charge is 0.116 e. The molecule has 1 unspecified atom stereocenters. The SMILES string of the molecule is CC(O)([C@H](O)CCl)[C@@H](O)CCl. The standard InChI is InChI=1S/C6H12Cl2O3/c1-6(11,4(9)2-7)5(10)3-8/h4-5,9-11H,2-3H2,1H3/t4-,5+,6?. The zero-order chi connectivity index (χ0) is 9.07. The number of rotatable bonds is 4. The molecule has 0 aliphatic rings. The molecule has 0 aliphatic carbocycles. The topological polar surface area (TPSA) is 60.7 Å². The predicted molar refractivity (Wildman–Crippen MR) is 44.1 cm³/mol. The maximum atomic E-state index is 9.38. The molecule has 0 radical (unpaired) electrons. The molecule has 0 heterocycles. The van der Waals surface area contributed by atoms with Crippen molar-refractivity contribution in [2.45, 2.75) is 24.7 Å². The zero-order valence-corrected chi connectivity index (χ0v) is 7.68. The Labute approximate surface area is 75.6 Å². The van der Waals surface area contributed by atoms with Crippen LogP contribution in [0.15, 0.2) is 0 Å². The fourth-order valence-electron chi connectivity index (χ4n) is 0.534. The van der Waals surface area contributed by atoms with Crippen LogP contribution in [0.3, 0.4) is 0 Å². The average Bonchev–Trinajstić information content (AvgIpc) is 2.01. The molecule has 3 N–H and O–H groups in total. The van der Waals surface area contributed by atoms with Crippen LogP contribution in [0, 0.1) is 0 Å². The molecule has 0 saturated carbocycles. The Morgan fingerprint density at radius 2 is 1.45 bits per heavy atom. The van der Waals surface area contributed by atoms with Gasteiger partial charge in [0.1, 0.15) is 5.60 Å². The highest BCUT2D eigenvalue weighted by atomic mass is 35.5. The predicted octanol–water partition coefficient (Wildman–Crippen LogP) is -0.0632. The summed E-state index contributed by atoms with van der Waals surface area (Å²) in [5, 5.41) is 27.6. The van der Waals surface area contributed by atoms with Crippen LogP contribution in [0.2, 0.25) is 0 Å². The van der Waals surface area contributed by atoms with Crippen LogP contribution >= 0.6 is 23.2 Å². The van der Waals surface area contributed by atoms with Crippen LogP contribution in [0.5, 0.6) is 0 Å². The van der Waals surface area contributed by atoms with Gasteiger partial charge in [-0.1, -0.05) is 0 Å². The Balaban J connectivity index is 4.18. The number of halogens is 2. The molecule has 0 saturated heterocycles. The molecular formula is C6H12Cl2O3. The first kappa shape index (κ1) is 11.5. The van der Waals surface area contributed by atoms with Gasteiger partial charge in [0.05, 0.1) is 24.0 Å². The molecule has 0 spiro atoms. The van der Waals surface area contributed by atoms with Crippen molar-refractivity contribution in [3.05, 3.63) is 0 Å². The van der Waals surface area contributed by atoms with Crippen LogP contribution in [0.1, 0.15) is 6.92 Å². The molecule has 0 aromatic heterocycles. The van der Waals surface area contributed by atoms with Gasteiger partial charge in [0.2, 0.25) is 0 Å². The first-order valence-corrected chi connectivity index (χ1v) is 4.24. The molecule has 0 aliphatic heterocycles. The molecule has 0 fully saturated rings. The normalized spacial score (nSPS) is 22.4. The lowest BCUT2D eigenvalue weighted by Crippen LogP contribution is -2.51. The maximum absolute atomic E-state index is 9.38. The summed E-state index contributed by atoms with van der Waals surface area (Å²) in [6.07, 6.45) is -2.34. The Morgan fingerprint density at radius 1 is 1.18 bits per heavy atom. The van der Waals surface area contributed by atoms with Gasteiger partial charge in [-0.25, -0.2) is 0 Å². The van der Waals surface area contributed by atoms with Crippen LogP contribution in [-0.4, -0.2) is 44.9 Å². The van der Waals surface area contributed by atoms with Crippen LogP contribution in [0.4, 0.5) is 0 Å². The van der Waals surface area contributed by atoms with Gasteiger partial charge in [0.15, 0.2) is 0 Å². The van der Waals surface area contributed by atoms with E-state index in [4.69, 9.17) is 33.4 Å². The van der Waals surface area contributed by atoms with E-state index in [-0.39, 0.29) is 11.8 Å². The van der Waals surface area contributed by atoms with E-state index in [0.29, 0.717) is 0 Å². The highest BCUT2D eigenvalue weighted by Gasteiger charge is 2.36. The molecular weight excluding hydrogens is 191 g/mol. The lowest BCUT2D eigenvalue weighted by atomic mass is 9.94. The highest BCUT2D eigenvalue weighted by Crippen LogP contribution is 2.17. The summed E-state index contributed by atoms with van der Waals surface area (Å²) in [7, 11) is 0. The molecule has 3 atom stereocenters.